The summed E-state index contributed by atoms with van der Waals surface area (Å²) in [5.41, 5.74) is 13.4. The summed E-state index contributed by atoms with van der Waals surface area (Å²) in [5.74, 6) is -16.5. The third-order valence-corrected chi connectivity index (χ3v) is 23.3. The van der Waals surface area contributed by atoms with Gasteiger partial charge in [-0.05, 0) is 133 Å². The van der Waals surface area contributed by atoms with Gasteiger partial charge >= 0.3 is 0 Å². The van der Waals surface area contributed by atoms with Gasteiger partial charge in [0.15, 0.2) is 0 Å². The van der Waals surface area contributed by atoms with Crippen molar-refractivity contribution in [2.75, 3.05) is 46.4 Å². The van der Waals surface area contributed by atoms with Crippen LogP contribution in [0, 0.1) is 17.8 Å². The van der Waals surface area contributed by atoms with Crippen LogP contribution in [0.4, 0.5) is 0 Å². The number of hydrogen-bond acceptors (Lipinski definition) is 23. The number of nitrogens with zero attached hydrogens (tertiary/aromatic N) is 2. The van der Waals surface area contributed by atoms with Crippen molar-refractivity contribution in [2.24, 2.45) is 29.2 Å². The van der Waals surface area contributed by atoms with Crippen LogP contribution in [0.3, 0.4) is 0 Å². The summed E-state index contributed by atoms with van der Waals surface area (Å²) >= 11 is 0. The number of imidazole rings is 1. The monoisotopic (exact) mass is 1940 g/mol. The standard InChI is InChI=1S/C95H150N22O21/c1-12-13-14-15-16-17-18-19-20-21-22-23-24-34-78(122)100-39-28-27-32-67(83(97)126)109-85(128)59(9)106-87(130)73(46-63-49-99-54-104-63)113-94(137)76-33-29-40-117(76)81(125)52-103-86(129)68(41-55(2)3)110-88(131)69(42-56(4)5)111-90(133)71(44-61-35-37-64(120)38-36-61)107-80(124)51-102-84(127)58(8)105-93(136)75(53-118)115-91(134)74(47-77(96)121)112-89(132)70(43-57(6)7)114-95(138)82(60(10)119)116-92(135)72(108-79(123)50-98-11)45-62-48-101-66-31-26-25-30-65(62)66/h25-26,30-31,35-38,48-49,54-60,67-76,82,98,101,118-120H,12-24,27-29,32-34,39-47,50-53H2,1-11H3,(H2,96,121)(H2,97,126)(H,99,104)(H,100,122)(H,102,127)(H,103,129)(H,105,136)(H,106,130)(H,107,124)(H,108,123)(H,109,128)(H,110,131)(H,111,133)(H,112,132)(H,113,137)(H,114,138)(H,115,134)(H,116,135)/t58-,59-,60+,67-,68-,69-,70-,71-,72-,73-,74-,75-,76-,82-/m0/s1. The van der Waals surface area contributed by atoms with Crippen LogP contribution in [-0.2, 0) is 106 Å². The molecule has 0 aliphatic carbocycles. The summed E-state index contributed by atoms with van der Waals surface area (Å²) < 4.78 is 0. The number of H-pyrrole nitrogens is 2. The highest BCUT2D eigenvalue weighted by Gasteiger charge is 2.41. The van der Waals surface area contributed by atoms with Gasteiger partial charge in [-0.1, -0.05) is 156 Å². The second-order valence-electron chi connectivity index (χ2n) is 36.8. The van der Waals surface area contributed by atoms with E-state index in [2.05, 4.69) is 107 Å². The minimum absolute atomic E-state index is 0.0212. The van der Waals surface area contributed by atoms with E-state index in [1.807, 2.05) is 12.1 Å². The molecule has 2 aromatic heterocycles. The van der Waals surface area contributed by atoms with E-state index in [0.717, 1.165) is 30.2 Å². The van der Waals surface area contributed by atoms with Crippen LogP contribution < -0.4 is 96.5 Å². The number of hydrogen-bond donors (Lipinski definition) is 23. The van der Waals surface area contributed by atoms with Gasteiger partial charge < -0.3 is 127 Å². The molecule has 25 N–H and O–H groups in total. The lowest BCUT2D eigenvalue weighted by Crippen LogP contribution is -2.62. The minimum atomic E-state index is -1.89. The lowest BCUT2D eigenvalue weighted by molar-refractivity contribution is -0.140. The first-order chi connectivity index (χ1) is 65.6. The molecule has 2 aromatic carbocycles. The third-order valence-electron chi connectivity index (χ3n) is 23.3. The summed E-state index contributed by atoms with van der Waals surface area (Å²) in [6.07, 6.45) is 19.0. The molecule has 14 atom stereocenters. The second kappa shape index (κ2) is 61.5. The summed E-state index contributed by atoms with van der Waals surface area (Å²) in [7, 11) is 1.52. The third kappa shape index (κ3) is 42.5. The molecule has 0 bridgehead atoms. The number of nitrogens with one attached hydrogen (secondary N) is 18. The molecule has 138 heavy (non-hydrogen) atoms. The number of amides is 18. The molecular weight excluding hydrogens is 1790 g/mol. The van der Waals surface area contributed by atoms with Crippen molar-refractivity contribution in [3.05, 3.63) is 84.1 Å². The SMILES string of the molecule is CCCCCCCCCCCCCCCC(=O)NCCCC[C@H](NC(=O)[C@H](C)NC(=O)[C@H](Cc1cnc[nH]1)NC(=O)[C@@H]1CCCN1C(=O)CNC(=O)[C@H](CC(C)C)NC(=O)[C@H](CC(C)C)NC(=O)[C@H](Cc1ccc(O)cc1)NC(=O)CNC(=O)[C@H](C)NC(=O)[C@H](CO)NC(=O)[C@H](CC(N)=O)NC(=O)[C@H](CC(C)C)NC(=O)[C@@H](NC(=O)[C@H](Cc1c[nH]c2ccccc12)NC(=O)CNC)[C@@H](C)O)C(N)=O. The minimum Gasteiger partial charge on any atom is -0.508 e. The quantitative estimate of drug-likeness (QED) is 0.0249. The number of phenols is 1. The molecule has 3 heterocycles. The summed E-state index contributed by atoms with van der Waals surface area (Å²) in [6, 6.07) is -6.08. The first-order valence-electron chi connectivity index (χ1n) is 48.2. The number of unbranched alkanes of at least 4 members (excludes halogenated alkanes) is 13. The molecule has 18 amide bonds. The fourth-order valence-electron chi connectivity index (χ4n) is 15.8. The maximum atomic E-state index is 14.6. The molecule has 0 saturated carbocycles. The number of benzene rings is 2. The molecule has 43 heteroatoms. The number of aliphatic hydroxyl groups excluding tert-OH is 2. The molecule has 43 nitrogen and oxygen atoms in total. The van der Waals surface area contributed by atoms with E-state index in [9.17, 15) is 102 Å². The maximum Gasteiger partial charge on any atom is 0.245 e. The van der Waals surface area contributed by atoms with Crippen LogP contribution in [0.25, 0.3) is 10.9 Å². The Labute approximate surface area is 806 Å². The van der Waals surface area contributed by atoms with E-state index in [1.54, 1.807) is 59.9 Å². The number of carbonyl (C=O) groups excluding carboxylic acids is 18. The fourth-order valence-corrected chi connectivity index (χ4v) is 15.8. The van der Waals surface area contributed by atoms with Crippen LogP contribution in [0.15, 0.2) is 67.3 Å². The van der Waals surface area contributed by atoms with Crippen molar-refractivity contribution in [3.63, 3.8) is 0 Å². The zero-order valence-electron chi connectivity index (χ0n) is 81.5. The topological polar surface area (TPSA) is 660 Å². The number of rotatable bonds is 66. The number of para-hydroxylation sites is 1. The number of aliphatic hydroxyl groups is 2. The highest BCUT2D eigenvalue weighted by atomic mass is 16.3. The van der Waals surface area contributed by atoms with Crippen LogP contribution >= 0.6 is 0 Å². The Morgan fingerprint density at radius 2 is 0.964 bits per heavy atom. The fraction of sp³-hybridized carbons (Fsp3) is 0.632. The van der Waals surface area contributed by atoms with Crippen molar-refractivity contribution >= 4 is 117 Å². The molecule has 1 fully saturated rings. The van der Waals surface area contributed by atoms with Gasteiger partial charge in [0.25, 0.3) is 0 Å². The number of primary amides is 2. The predicted octanol–water partition coefficient (Wildman–Crippen LogP) is -0.435. The number of likely N-dealkylation sites (N-methyl/N-ethyl adjacent to an activating group) is 1. The highest BCUT2D eigenvalue weighted by Crippen LogP contribution is 2.23. The van der Waals surface area contributed by atoms with Crippen molar-refractivity contribution in [3.8, 4) is 5.75 Å². The van der Waals surface area contributed by atoms with E-state index in [-0.39, 0.29) is 93.9 Å². The Kier molecular flexibility index (Phi) is 51.6. The summed E-state index contributed by atoms with van der Waals surface area (Å²) in [6.45, 7) is 14.0. The van der Waals surface area contributed by atoms with Gasteiger partial charge in [-0.3, -0.25) is 86.3 Å². The van der Waals surface area contributed by atoms with Crippen LogP contribution in [0.1, 0.15) is 234 Å². The number of likely N-dealkylation sites (tertiary alicyclic amines) is 1. The van der Waals surface area contributed by atoms with E-state index < -0.39 is 211 Å². The predicted molar refractivity (Wildman–Crippen MR) is 513 cm³/mol. The van der Waals surface area contributed by atoms with Crippen LogP contribution in [0.2, 0.25) is 0 Å². The number of phenolic OH excluding ortho intramolecular Hbond substituents is 1. The van der Waals surface area contributed by atoms with Crippen molar-refractivity contribution in [1.82, 2.24) is 105 Å². The molecule has 0 spiro atoms. The molecule has 1 saturated heterocycles. The molecular formula is C95H150N22O21. The maximum absolute atomic E-state index is 14.6. The molecule has 1 aliphatic heterocycles. The average molecular weight is 1940 g/mol. The number of nitrogens with two attached hydrogens (primary N) is 2. The van der Waals surface area contributed by atoms with E-state index >= 15 is 0 Å². The Morgan fingerprint density at radius 1 is 0.471 bits per heavy atom. The van der Waals surface area contributed by atoms with Crippen molar-refractivity contribution < 1.29 is 102 Å². The number of aromatic amines is 2. The van der Waals surface area contributed by atoms with Gasteiger partial charge in [0.05, 0.1) is 45.1 Å². The zero-order chi connectivity index (χ0) is 102. The Morgan fingerprint density at radius 3 is 1.52 bits per heavy atom. The first kappa shape index (κ1) is 116. The van der Waals surface area contributed by atoms with Gasteiger partial charge in [-0.25, -0.2) is 4.98 Å². The van der Waals surface area contributed by atoms with Gasteiger partial charge in [0.1, 0.15) is 84.3 Å². The van der Waals surface area contributed by atoms with Crippen molar-refractivity contribution in [2.45, 2.75) is 321 Å². The molecule has 0 unspecified atom stereocenters. The highest BCUT2D eigenvalue weighted by molar-refractivity contribution is 6.01. The Bertz CT molecular complexity index is 4620. The second-order valence-corrected chi connectivity index (χ2v) is 36.8. The lowest BCUT2D eigenvalue weighted by Gasteiger charge is -2.28. The van der Waals surface area contributed by atoms with Gasteiger partial charge in [-0.2, -0.15) is 0 Å². The van der Waals surface area contributed by atoms with E-state index in [4.69, 9.17) is 11.5 Å². The number of carbonyl (C=O) groups is 18. The Balaban J connectivity index is 1.15. The van der Waals surface area contributed by atoms with Gasteiger partial charge in [-0.15, -0.1) is 0 Å². The number of fused-ring (bicyclic) bond motifs is 1. The first-order valence-corrected chi connectivity index (χ1v) is 48.2. The molecule has 4 aromatic rings. The lowest BCUT2D eigenvalue weighted by atomic mass is 9.99. The molecule has 0 radical (unpaired) electrons. The molecule has 1 aliphatic rings. The molecule has 5 rings (SSSR count). The van der Waals surface area contributed by atoms with Gasteiger partial charge in [0.2, 0.25) is 106 Å². The zero-order valence-corrected chi connectivity index (χ0v) is 81.5. The number of aromatic nitrogens is 3. The summed E-state index contributed by atoms with van der Waals surface area (Å²) in [4.78, 5) is 258. The normalized spacial score (nSPS) is 15.2. The van der Waals surface area contributed by atoms with Gasteiger partial charge in [0, 0.05) is 67.8 Å². The van der Waals surface area contributed by atoms with Crippen molar-refractivity contribution in [1.29, 1.82) is 0 Å². The number of aromatic hydroxyl groups is 1. The molecule has 766 valence electrons. The van der Waals surface area contributed by atoms with Crippen LogP contribution in [0.5, 0.6) is 5.75 Å². The largest absolute Gasteiger partial charge is 0.508 e. The Hall–Kier alpha value is -12.7. The van der Waals surface area contributed by atoms with Crippen LogP contribution in [-0.4, -0.2) is 273 Å². The average Bonchev–Trinajstić information content (AvgIpc) is 1.59. The summed E-state index contributed by atoms with van der Waals surface area (Å²) in [5, 5.41) is 73.0. The van der Waals surface area contributed by atoms with E-state index in [1.165, 1.54) is 134 Å². The smallest absolute Gasteiger partial charge is 0.245 e. The van der Waals surface area contributed by atoms with E-state index in [0.29, 0.717) is 49.0 Å².